The molecule has 0 aromatic carbocycles. The minimum absolute atomic E-state index is 0. The van der Waals surface area contributed by atoms with Gasteiger partial charge in [-0.15, -0.1) is 12.4 Å². The van der Waals surface area contributed by atoms with E-state index in [0.717, 1.165) is 6.54 Å². The molecule has 0 unspecified atom stereocenters. The van der Waals surface area contributed by atoms with E-state index >= 15 is 0 Å². The lowest BCUT2D eigenvalue weighted by molar-refractivity contribution is 0.595. The van der Waals surface area contributed by atoms with Crippen LogP contribution in [0.4, 0.5) is 0 Å². The van der Waals surface area contributed by atoms with E-state index < -0.39 is 0 Å². The highest BCUT2D eigenvalue weighted by atomic mass is 35.5. The fourth-order valence-electron chi connectivity index (χ4n) is 0.831. The molecule has 3 heteroatoms. The minimum atomic E-state index is 0. The van der Waals surface area contributed by atoms with Crippen LogP contribution < -0.4 is 11.3 Å². The zero-order valence-electron chi connectivity index (χ0n) is 6.73. The molecule has 0 rings (SSSR count). The molecular formula is C7H19ClN2. The van der Waals surface area contributed by atoms with Gasteiger partial charge < -0.3 is 0 Å². The molecule has 0 saturated carbocycles. The normalized spacial score (nSPS) is 9.00. The van der Waals surface area contributed by atoms with E-state index in [1.165, 1.54) is 32.1 Å². The Labute approximate surface area is 69.9 Å². The maximum Gasteiger partial charge on any atom is 0.00974 e. The van der Waals surface area contributed by atoms with E-state index in [9.17, 15) is 0 Å². The number of hydrazine groups is 1. The van der Waals surface area contributed by atoms with Gasteiger partial charge in [0.25, 0.3) is 0 Å². The summed E-state index contributed by atoms with van der Waals surface area (Å²) >= 11 is 0. The Morgan fingerprint density at radius 3 is 2.20 bits per heavy atom. The Bertz CT molecular complexity index is 44.9. The van der Waals surface area contributed by atoms with Gasteiger partial charge in [-0.1, -0.05) is 32.6 Å². The summed E-state index contributed by atoms with van der Waals surface area (Å²) in [6.07, 6.45) is 6.58. The summed E-state index contributed by atoms with van der Waals surface area (Å²) in [5, 5.41) is 0. The van der Waals surface area contributed by atoms with E-state index in [1.54, 1.807) is 0 Å². The van der Waals surface area contributed by atoms with Crippen molar-refractivity contribution in [3.05, 3.63) is 0 Å². The molecule has 0 amide bonds. The lowest BCUT2D eigenvalue weighted by Crippen LogP contribution is -2.22. The van der Waals surface area contributed by atoms with Crippen LogP contribution in [0.1, 0.15) is 39.0 Å². The van der Waals surface area contributed by atoms with Crippen LogP contribution in [0.25, 0.3) is 0 Å². The Morgan fingerprint density at radius 1 is 1.10 bits per heavy atom. The van der Waals surface area contributed by atoms with Crippen LogP contribution in [-0.4, -0.2) is 6.54 Å². The van der Waals surface area contributed by atoms with E-state index in [0.29, 0.717) is 0 Å². The van der Waals surface area contributed by atoms with Crippen LogP contribution in [0.2, 0.25) is 0 Å². The average Bonchev–Trinajstić information content (AvgIpc) is 1.89. The van der Waals surface area contributed by atoms with Gasteiger partial charge in [-0.3, -0.25) is 11.3 Å². The molecule has 3 N–H and O–H groups in total. The molecule has 2 nitrogen and oxygen atoms in total. The largest absolute Gasteiger partial charge is 0.271 e. The number of nitrogens with one attached hydrogen (secondary N) is 1. The quantitative estimate of drug-likeness (QED) is 0.359. The van der Waals surface area contributed by atoms with Gasteiger partial charge >= 0.3 is 0 Å². The number of rotatable bonds is 6. The molecular weight excluding hydrogens is 148 g/mol. The van der Waals surface area contributed by atoms with Crippen LogP contribution in [0.5, 0.6) is 0 Å². The summed E-state index contributed by atoms with van der Waals surface area (Å²) in [6.45, 7) is 3.19. The summed E-state index contributed by atoms with van der Waals surface area (Å²) in [5.41, 5.74) is 2.64. The Hall–Kier alpha value is 0.210. The third kappa shape index (κ3) is 11.1. The number of halogens is 1. The van der Waals surface area contributed by atoms with Crippen molar-refractivity contribution in [1.29, 1.82) is 0 Å². The lowest BCUT2D eigenvalue weighted by atomic mass is 10.2. The summed E-state index contributed by atoms with van der Waals surface area (Å²) in [6, 6.07) is 0. The van der Waals surface area contributed by atoms with E-state index in [-0.39, 0.29) is 12.4 Å². The number of nitrogens with two attached hydrogens (primary N) is 1. The maximum absolute atomic E-state index is 5.09. The fourth-order valence-corrected chi connectivity index (χ4v) is 0.831. The molecule has 0 aliphatic rings. The Balaban J connectivity index is 0. The Morgan fingerprint density at radius 2 is 1.70 bits per heavy atom. The zero-order valence-corrected chi connectivity index (χ0v) is 7.54. The van der Waals surface area contributed by atoms with Gasteiger partial charge in [0.2, 0.25) is 0 Å². The molecule has 0 spiro atoms. The van der Waals surface area contributed by atoms with Gasteiger partial charge in [-0.25, -0.2) is 0 Å². The second-order valence-corrected chi connectivity index (χ2v) is 2.37. The van der Waals surface area contributed by atoms with Crippen molar-refractivity contribution in [1.82, 2.24) is 5.43 Å². The summed E-state index contributed by atoms with van der Waals surface area (Å²) in [4.78, 5) is 0. The van der Waals surface area contributed by atoms with Gasteiger partial charge in [0.05, 0.1) is 0 Å². The number of hydrogen-bond acceptors (Lipinski definition) is 2. The van der Waals surface area contributed by atoms with Crippen molar-refractivity contribution < 1.29 is 0 Å². The molecule has 0 radical (unpaired) electrons. The van der Waals surface area contributed by atoms with Crippen molar-refractivity contribution in [2.75, 3.05) is 6.54 Å². The highest BCUT2D eigenvalue weighted by Gasteiger charge is 1.85. The van der Waals surface area contributed by atoms with Crippen LogP contribution in [0.3, 0.4) is 0 Å². The topological polar surface area (TPSA) is 38.0 Å². The van der Waals surface area contributed by atoms with Gasteiger partial charge in [0.1, 0.15) is 0 Å². The standard InChI is InChI=1S/C7H18N2.ClH/c1-2-3-4-5-6-7-9-8;/h9H,2-8H2,1H3;1H. The molecule has 0 bridgehead atoms. The molecule has 0 aromatic rings. The molecule has 0 saturated heterocycles. The fraction of sp³-hybridized carbons (Fsp3) is 1.00. The molecule has 10 heavy (non-hydrogen) atoms. The number of hydrogen-bond donors (Lipinski definition) is 2. The van der Waals surface area contributed by atoms with Crippen molar-refractivity contribution in [3.63, 3.8) is 0 Å². The molecule has 0 atom stereocenters. The molecule has 0 fully saturated rings. The molecule has 0 aliphatic carbocycles. The minimum Gasteiger partial charge on any atom is -0.271 e. The average molecular weight is 167 g/mol. The molecule has 64 valence electrons. The first kappa shape index (κ1) is 12.8. The molecule has 0 aromatic heterocycles. The summed E-state index contributed by atoms with van der Waals surface area (Å²) in [7, 11) is 0. The van der Waals surface area contributed by atoms with Gasteiger partial charge in [0, 0.05) is 6.54 Å². The predicted octanol–water partition coefficient (Wildman–Crippen LogP) is 1.84. The highest BCUT2D eigenvalue weighted by molar-refractivity contribution is 5.85. The van der Waals surface area contributed by atoms with Gasteiger partial charge in [0.15, 0.2) is 0 Å². The molecule has 0 heterocycles. The maximum atomic E-state index is 5.09. The van der Waals surface area contributed by atoms with Gasteiger partial charge in [-0.2, -0.15) is 0 Å². The molecule has 0 aliphatic heterocycles. The highest BCUT2D eigenvalue weighted by Crippen LogP contribution is 2.00. The van der Waals surface area contributed by atoms with Crippen molar-refractivity contribution in [2.24, 2.45) is 5.84 Å². The smallest absolute Gasteiger partial charge is 0.00974 e. The van der Waals surface area contributed by atoms with Crippen LogP contribution in [-0.2, 0) is 0 Å². The first-order valence-electron chi connectivity index (χ1n) is 3.85. The van der Waals surface area contributed by atoms with Crippen molar-refractivity contribution in [3.8, 4) is 0 Å². The Kier molecular flexibility index (Phi) is 15.3. The zero-order chi connectivity index (χ0) is 6.95. The van der Waals surface area contributed by atoms with Crippen LogP contribution in [0.15, 0.2) is 0 Å². The van der Waals surface area contributed by atoms with Crippen molar-refractivity contribution >= 4 is 12.4 Å². The number of unbranched alkanes of at least 4 members (excludes halogenated alkanes) is 4. The van der Waals surface area contributed by atoms with Crippen LogP contribution in [0, 0.1) is 0 Å². The second-order valence-electron chi connectivity index (χ2n) is 2.37. The van der Waals surface area contributed by atoms with E-state index in [1.807, 2.05) is 0 Å². The third-order valence-corrected chi connectivity index (χ3v) is 1.42. The monoisotopic (exact) mass is 166 g/mol. The van der Waals surface area contributed by atoms with Crippen molar-refractivity contribution in [2.45, 2.75) is 39.0 Å². The van der Waals surface area contributed by atoms with Gasteiger partial charge in [-0.05, 0) is 6.42 Å². The van der Waals surface area contributed by atoms with E-state index in [2.05, 4.69) is 12.3 Å². The SMILES string of the molecule is CCCCCCCNN.Cl. The summed E-state index contributed by atoms with van der Waals surface area (Å²) in [5.74, 6) is 5.09. The van der Waals surface area contributed by atoms with Crippen LogP contribution >= 0.6 is 12.4 Å². The first-order valence-corrected chi connectivity index (χ1v) is 3.85. The lowest BCUT2D eigenvalue weighted by Gasteiger charge is -1.97. The first-order chi connectivity index (χ1) is 4.41. The third-order valence-electron chi connectivity index (χ3n) is 1.42. The van der Waals surface area contributed by atoms with E-state index in [4.69, 9.17) is 5.84 Å². The predicted molar refractivity (Wildman–Crippen MR) is 48.2 cm³/mol. The second kappa shape index (κ2) is 11.9. The summed E-state index contributed by atoms with van der Waals surface area (Å²) < 4.78 is 0.